The molecule has 0 aliphatic heterocycles. The van der Waals surface area contributed by atoms with Gasteiger partial charge in [-0.15, -0.1) is 0 Å². The minimum Gasteiger partial charge on any atom is -0.348 e. The fraction of sp³-hybridized carbons (Fsp3) is 0.154. The molecule has 1 aromatic heterocycles. The Hall–Kier alpha value is -3.66. The minimum atomic E-state index is -0.0919. The van der Waals surface area contributed by atoms with Crippen LogP contribution >= 0.6 is 0 Å². The molecule has 0 aliphatic carbocycles. The van der Waals surface area contributed by atoms with Crippen LogP contribution in [0.15, 0.2) is 91.1 Å². The first-order valence-electron chi connectivity index (χ1n) is 10.3. The zero-order valence-electron chi connectivity index (χ0n) is 17.1. The number of benzene rings is 3. The fourth-order valence-corrected chi connectivity index (χ4v) is 3.60. The van der Waals surface area contributed by atoms with Gasteiger partial charge >= 0.3 is 0 Å². The first-order valence-corrected chi connectivity index (χ1v) is 10.3. The number of hydrogen-bond acceptors (Lipinski definition) is 2. The lowest BCUT2D eigenvalue weighted by Crippen LogP contribution is -2.24. The van der Waals surface area contributed by atoms with Crippen LogP contribution in [0, 0.1) is 0 Å². The Balaban J connectivity index is 1.52. The third-order valence-electron chi connectivity index (χ3n) is 5.09. The van der Waals surface area contributed by atoms with Crippen LogP contribution in [0.4, 0.5) is 0 Å². The number of carbonyl (C=O) groups is 1. The molecule has 1 heterocycles. The lowest BCUT2D eigenvalue weighted by Gasteiger charge is -2.10. The van der Waals surface area contributed by atoms with Crippen molar-refractivity contribution in [2.75, 3.05) is 0 Å². The van der Waals surface area contributed by atoms with Crippen LogP contribution < -0.4 is 5.32 Å². The zero-order valence-corrected chi connectivity index (χ0v) is 17.1. The number of rotatable bonds is 7. The Morgan fingerprint density at radius 1 is 0.900 bits per heavy atom. The Morgan fingerprint density at radius 3 is 2.33 bits per heavy atom. The summed E-state index contributed by atoms with van der Waals surface area (Å²) in [7, 11) is 0. The molecule has 1 N–H and O–H groups in total. The van der Waals surface area contributed by atoms with Crippen molar-refractivity contribution in [1.82, 2.24) is 15.1 Å². The summed E-state index contributed by atoms with van der Waals surface area (Å²) in [5, 5.41) is 7.56. The summed E-state index contributed by atoms with van der Waals surface area (Å²) in [4.78, 5) is 12.9. The van der Waals surface area contributed by atoms with E-state index < -0.39 is 0 Å². The molecule has 1 amide bonds. The van der Waals surface area contributed by atoms with Crippen LogP contribution in [-0.2, 0) is 13.0 Å². The summed E-state index contributed by atoms with van der Waals surface area (Å²) in [5.41, 5.74) is 5.93. The molecule has 0 aliphatic rings. The van der Waals surface area contributed by atoms with Crippen molar-refractivity contribution < 1.29 is 4.79 Å². The molecule has 0 spiro atoms. The van der Waals surface area contributed by atoms with Gasteiger partial charge in [0.05, 0.1) is 23.1 Å². The zero-order chi connectivity index (χ0) is 20.8. The van der Waals surface area contributed by atoms with Crippen LogP contribution in [0.1, 0.15) is 35.0 Å². The van der Waals surface area contributed by atoms with E-state index in [0.29, 0.717) is 12.1 Å². The summed E-state index contributed by atoms with van der Waals surface area (Å²) < 4.78 is 1.87. The monoisotopic (exact) mass is 395 g/mol. The lowest BCUT2D eigenvalue weighted by atomic mass is 10.0. The lowest BCUT2D eigenvalue weighted by molar-refractivity contribution is 0.0950. The standard InChI is InChI=1S/C26H25N3O/c1-2-10-25-24(19-28-29(25)23-15-7-4-8-16-23)26(30)27-18-20-11-9-14-22(17-20)21-12-5-3-6-13-21/h3-9,11-17,19H,2,10,18H2,1H3,(H,27,30). The maximum Gasteiger partial charge on any atom is 0.255 e. The Labute approximate surface area is 177 Å². The molecule has 30 heavy (non-hydrogen) atoms. The minimum absolute atomic E-state index is 0.0919. The van der Waals surface area contributed by atoms with E-state index in [0.717, 1.165) is 35.3 Å². The van der Waals surface area contributed by atoms with E-state index in [1.165, 1.54) is 5.56 Å². The van der Waals surface area contributed by atoms with E-state index in [-0.39, 0.29) is 5.91 Å². The van der Waals surface area contributed by atoms with E-state index >= 15 is 0 Å². The largest absolute Gasteiger partial charge is 0.348 e. The van der Waals surface area contributed by atoms with Gasteiger partial charge in [-0.05, 0) is 41.3 Å². The quantitative estimate of drug-likeness (QED) is 0.454. The third-order valence-corrected chi connectivity index (χ3v) is 5.09. The van der Waals surface area contributed by atoms with Crippen LogP contribution in [0.25, 0.3) is 16.8 Å². The summed E-state index contributed by atoms with van der Waals surface area (Å²) in [6.45, 7) is 2.58. The van der Waals surface area contributed by atoms with E-state index in [1.54, 1.807) is 6.20 Å². The van der Waals surface area contributed by atoms with Crippen molar-refractivity contribution in [3.63, 3.8) is 0 Å². The van der Waals surface area contributed by atoms with Gasteiger partial charge in [0.2, 0.25) is 0 Å². The van der Waals surface area contributed by atoms with Gasteiger partial charge in [-0.25, -0.2) is 4.68 Å². The smallest absolute Gasteiger partial charge is 0.255 e. The summed E-state index contributed by atoms with van der Waals surface area (Å²) >= 11 is 0. The van der Waals surface area contributed by atoms with Crippen molar-refractivity contribution in [2.45, 2.75) is 26.3 Å². The number of carbonyl (C=O) groups excluding carboxylic acids is 1. The van der Waals surface area contributed by atoms with Crippen molar-refractivity contribution in [3.05, 3.63) is 108 Å². The van der Waals surface area contributed by atoms with Gasteiger partial charge in [-0.2, -0.15) is 5.10 Å². The molecule has 0 radical (unpaired) electrons. The van der Waals surface area contributed by atoms with Crippen LogP contribution in [0.3, 0.4) is 0 Å². The van der Waals surface area contributed by atoms with Crippen LogP contribution in [-0.4, -0.2) is 15.7 Å². The predicted octanol–water partition coefficient (Wildman–Crippen LogP) is 5.42. The summed E-state index contributed by atoms with van der Waals surface area (Å²) in [5.74, 6) is -0.0919. The van der Waals surface area contributed by atoms with Crippen molar-refractivity contribution in [1.29, 1.82) is 0 Å². The fourth-order valence-electron chi connectivity index (χ4n) is 3.60. The number of aromatic nitrogens is 2. The average Bonchev–Trinajstić information content (AvgIpc) is 3.23. The number of amides is 1. The number of para-hydroxylation sites is 1. The Bertz CT molecular complexity index is 1120. The molecule has 4 rings (SSSR count). The van der Waals surface area contributed by atoms with Crippen LogP contribution in [0.2, 0.25) is 0 Å². The molecular weight excluding hydrogens is 370 g/mol. The van der Waals surface area contributed by atoms with E-state index in [1.807, 2.05) is 65.3 Å². The molecule has 0 fully saturated rings. The highest BCUT2D eigenvalue weighted by Gasteiger charge is 2.17. The number of hydrogen-bond donors (Lipinski definition) is 1. The molecule has 0 bridgehead atoms. The molecule has 0 atom stereocenters. The highest BCUT2D eigenvalue weighted by molar-refractivity contribution is 5.95. The molecule has 3 aromatic carbocycles. The SMILES string of the molecule is CCCc1c(C(=O)NCc2cccc(-c3ccccc3)c2)cnn1-c1ccccc1. The second-order valence-electron chi connectivity index (χ2n) is 7.25. The second kappa shape index (κ2) is 9.23. The topological polar surface area (TPSA) is 46.9 Å². The van der Waals surface area contributed by atoms with Gasteiger partial charge in [0.15, 0.2) is 0 Å². The maximum atomic E-state index is 12.9. The summed E-state index contributed by atoms with van der Waals surface area (Å²) in [6.07, 6.45) is 3.41. The maximum absolute atomic E-state index is 12.9. The summed E-state index contributed by atoms with van der Waals surface area (Å²) in [6, 6.07) is 28.5. The van der Waals surface area contributed by atoms with Gasteiger partial charge in [-0.3, -0.25) is 4.79 Å². The predicted molar refractivity (Wildman–Crippen MR) is 121 cm³/mol. The molecule has 4 aromatic rings. The first-order chi connectivity index (χ1) is 14.8. The number of nitrogens with zero attached hydrogens (tertiary/aromatic N) is 2. The molecule has 0 saturated heterocycles. The van der Waals surface area contributed by atoms with Crippen molar-refractivity contribution in [3.8, 4) is 16.8 Å². The van der Waals surface area contributed by atoms with Gasteiger partial charge in [-0.1, -0.05) is 80.1 Å². The molecule has 0 unspecified atom stereocenters. The molecule has 4 nitrogen and oxygen atoms in total. The van der Waals surface area contributed by atoms with E-state index in [9.17, 15) is 4.79 Å². The first kappa shape index (κ1) is 19.6. The molecule has 150 valence electrons. The van der Waals surface area contributed by atoms with Gasteiger partial charge < -0.3 is 5.32 Å². The second-order valence-corrected chi connectivity index (χ2v) is 7.25. The van der Waals surface area contributed by atoms with Gasteiger partial charge in [0, 0.05) is 6.54 Å². The van der Waals surface area contributed by atoms with Gasteiger partial charge in [0.1, 0.15) is 0 Å². The third kappa shape index (κ3) is 4.33. The van der Waals surface area contributed by atoms with E-state index in [4.69, 9.17) is 0 Å². The Kier molecular flexibility index (Phi) is 6.04. The molecule has 0 saturated carbocycles. The highest BCUT2D eigenvalue weighted by atomic mass is 16.1. The molecular formula is C26H25N3O. The van der Waals surface area contributed by atoms with Crippen molar-refractivity contribution >= 4 is 5.91 Å². The van der Waals surface area contributed by atoms with E-state index in [2.05, 4.69) is 41.6 Å². The molecule has 4 heteroatoms. The van der Waals surface area contributed by atoms with Crippen LogP contribution in [0.5, 0.6) is 0 Å². The van der Waals surface area contributed by atoms with Crippen molar-refractivity contribution in [2.24, 2.45) is 0 Å². The Morgan fingerprint density at radius 2 is 1.60 bits per heavy atom. The number of nitrogens with one attached hydrogen (secondary N) is 1. The normalized spacial score (nSPS) is 10.7. The highest BCUT2D eigenvalue weighted by Crippen LogP contribution is 2.20. The van der Waals surface area contributed by atoms with Gasteiger partial charge in [0.25, 0.3) is 5.91 Å². The average molecular weight is 396 g/mol.